The third kappa shape index (κ3) is 2.94. The van der Waals surface area contributed by atoms with E-state index in [1.165, 1.54) is 4.90 Å². The Balaban J connectivity index is 1.75. The predicted molar refractivity (Wildman–Crippen MR) is 81.0 cm³/mol. The van der Waals surface area contributed by atoms with Crippen LogP contribution < -0.4 is 4.90 Å². The third-order valence-electron chi connectivity index (χ3n) is 4.30. The van der Waals surface area contributed by atoms with E-state index in [-0.39, 0.29) is 19.0 Å². The summed E-state index contributed by atoms with van der Waals surface area (Å²) in [5.74, 6) is -0.226. The summed E-state index contributed by atoms with van der Waals surface area (Å²) < 4.78 is 18.7. The zero-order valence-corrected chi connectivity index (χ0v) is 12.7. The van der Waals surface area contributed by atoms with Crippen molar-refractivity contribution in [2.45, 2.75) is 19.2 Å². The maximum Gasteiger partial charge on any atom is 0.254 e. The number of aliphatic hydroxyl groups is 1. The molecule has 6 heteroatoms. The van der Waals surface area contributed by atoms with E-state index >= 15 is 0 Å². The first-order valence-corrected chi connectivity index (χ1v) is 7.61. The van der Waals surface area contributed by atoms with Gasteiger partial charge < -0.3 is 19.6 Å². The van der Waals surface area contributed by atoms with Gasteiger partial charge >= 0.3 is 0 Å². The number of halogens is 1. The Morgan fingerprint density at radius 3 is 2.64 bits per heavy atom. The van der Waals surface area contributed by atoms with Gasteiger partial charge in [-0.1, -0.05) is 0 Å². The SMILES string of the molecule is Cc1cc(C(=O)N2C[C@@H](O)[C@H](F)C2)ccc1N1CCOCC1. The lowest BCUT2D eigenvalue weighted by atomic mass is 10.1. The molecule has 5 nitrogen and oxygen atoms in total. The summed E-state index contributed by atoms with van der Waals surface area (Å²) in [4.78, 5) is 16.0. The highest BCUT2D eigenvalue weighted by Crippen LogP contribution is 2.24. The number of likely N-dealkylation sites (tertiary alicyclic amines) is 1. The first-order valence-electron chi connectivity index (χ1n) is 7.61. The standard InChI is InChI=1S/C16H21FN2O3/c1-11-8-12(16(21)19-9-13(17)15(20)10-19)2-3-14(11)18-4-6-22-7-5-18/h2-3,8,13,15,20H,4-7,9-10H2,1H3/t13-,15-/m1/s1. The molecule has 3 rings (SSSR count). The Hall–Kier alpha value is -1.66. The summed E-state index contributed by atoms with van der Waals surface area (Å²) in [7, 11) is 0. The number of carbonyl (C=O) groups is 1. The first-order chi connectivity index (χ1) is 10.6. The molecule has 1 aromatic rings. The summed E-state index contributed by atoms with van der Waals surface area (Å²) in [5.41, 5.74) is 2.66. The predicted octanol–water partition coefficient (Wildman–Crippen LogP) is 0.986. The quantitative estimate of drug-likeness (QED) is 0.885. The van der Waals surface area contributed by atoms with E-state index in [9.17, 15) is 14.3 Å². The molecular formula is C16H21FN2O3. The summed E-state index contributed by atoms with van der Waals surface area (Å²) in [6.45, 7) is 5.10. The van der Waals surface area contributed by atoms with Crippen molar-refractivity contribution in [1.29, 1.82) is 0 Å². The van der Waals surface area contributed by atoms with Crippen LogP contribution in [-0.2, 0) is 4.74 Å². The number of morpholine rings is 1. The zero-order chi connectivity index (χ0) is 15.7. The van der Waals surface area contributed by atoms with E-state index in [0.29, 0.717) is 18.8 Å². The Bertz CT molecular complexity index is 550. The Morgan fingerprint density at radius 1 is 1.32 bits per heavy atom. The van der Waals surface area contributed by atoms with Crippen LogP contribution in [0.1, 0.15) is 15.9 Å². The molecular weight excluding hydrogens is 287 g/mol. The van der Waals surface area contributed by atoms with Crippen LogP contribution in [0.5, 0.6) is 0 Å². The summed E-state index contributed by atoms with van der Waals surface area (Å²) in [6, 6.07) is 5.55. The number of rotatable bonds is 2. The average Bonchev–Trinajstić information content (AvgIpc) is 2.87. The number of aliphatic hydroxyl groups excluding tert-OH is 1. The number of β-amino-alcohol motifs (C(OH)–C–C–N with tert-alkyl or cyclic N) is 1. The maximum absolute atomic E-state index is 13.4. The number of benzene rings is 1. The fourth-order valence-corrected chi connectivity index (χ4v) is 3.04. The lowest BCUT2D eigenvalue weighted by Crippen LogP contribution is -2.36. The molecule has 2 heterocycles. The van der Waals surface area contributed by atoms with E-state index < -0.39 is 12.3 Å². The number of anilines is 1. The van der Waals surface area contributed by atoms with Gasteiger partial charge in [0.05, 0.1) is 19.8 Å². The molecule has 1 amide bonds. The number of alkyl halides is 1. The molecule has 0 spiro atoms. The Labute approximate surface area is 129 Å². The molecule has 2 fully saturated rings. The van der Waals surface area contributed by atoms with Crippen LogP contribution in [0, 0.1) is 6.92 Å². The number of hydrogen-bond donors (Lipinski definition) is 1. The highest BCUT2D eigenvalue weighted by atomic mass is 19.1. The number of ether oxygens (including phenoxy) is 1. The Morgan fingerprint density at radius 2 is 2.05 bits per heavy atom. The second kappa shape index (κ2) is 6.22. The highest BCUT2D eigenvalue weighted by Gasteiger charge is 2.34. The van der Waals surface area contributed by atoms with Gasteiger partial charge in [0, 0.05) is 30.9 Å². The van der Waals surface area contributed by atoms with Crippen molar-refractivity contribution in [1.82, 2.24) is 4.90 Å². The fraction of sp³-hybridized carbons (Fsp3) is 0.562. The maximum atomic E-state index is 13.4. The smallest absolute Gasteiger partial charge is 0.254 e. The molecule has 0 aliphatic carbocycles. The second-order valence-corrected chi connectivity index (χ2v) is 5.89. The number of hydrogen-bond acceptors (Lipinski definition) is 4. The van der Waals surface area contributed by atoms with Crippen molar-refractivity contribution in [3.8, 4) is 0 Å². The zero-order valence-electron chi connectivity index (χ0n) is 12.7. The molecule has 0 saturated carbocycles. The van der Waals surface area contributed by atoms with E-state index in [4.69, 9.17) is 4.74 Å². The van der Waals surface area contributed by atoms with E-state index in [2.05, 4.69) is 4.90 Å². The van der Waals surface area contributed by atoms with Crippen molar-refractivity contribution in [2.24, 2.45) is 0 Å². The average molecular weight is 308 g/mol. The fourth-order valence-electron chi connectivity index (χ4n) is 3.04. The minimum Gasteiger partial charge on any atom is -0.388 e. The minimum absolute atomic E-state index is 0.0374. The van der Waals surface area contributed by atoms with Crippen LogP contribution in [0.15, 0.2) is 18.2 Å². The van der Waals surface area contributed by atoms with Crippen LogP contribution >= 0.6 is 0 Å². The third-order valence-corrected chi connectivity index (χ3v) is 4.30. The topological polar surface area (TPSA) is 53.0 Å². The van der Waals surface area contributed by atoms with Crippen molar-refractivity contribution < 1.29 is 19.0 Å². The summed E-state index contributed by atoms with van der Waals surface area (Å²) in [5, 5.41) is 9.45. The molecule has 120 valence electrons. The molecule has 0 radical (unpaired) electrons. The van der Waals surface area contributed by atoms with Crippen molar-refractivity contribution in [3.63, 3.8) is 0 Å². The monoisotopic (exact) mass is 308 g/mol. The van der Waals surface area contributed by atoms with Gasteiger partial charge in [0.1, 0.15) is 12.3 Å². The highest BCUT2D eigenvalue weighted by molar-refractivity contribution is 5.95. The van der Waals surface area contributed by atoms with Crippen LogP contribution in [0.2, 0.25) is 0 Å². The first kappa shape index (κ1) is 15.2. The van der Waals surface area contributed by atoms with Crippen molar-refractivity contribution in [2.75, 3.05) is 44.3 Å². The molecule has 2 saturated heterocycles. The molecule has 1 N–H and O–H groups in total. The molecule has 0 bridgehead atoms. The van der Waals surface area contributed by atoms with Crippen molar-refractivity contribution >= 4 is 11.6 Å². The summed E-state index contributed by atoms with van der Waals surface area (Å²) >= 11 is 0. The number of nitrogens with zero attached hydrogens (tertiary/aromatic N) is 2. The molecule has 0 unspecified atom stereocenters. The number of carbonyl (C=O) groups excluding carboxylic acids is 1. The molecule has 2 atom stereocenters. The molecule has 2 aliphatic rings. The van der Waals surface area contributed by atoms with Gasteiger partial charge in [0.2, 0.25) is 0 Å². The van der Waals surface area contributed by atoms with Gasteiger partial charge in [0.25, 0.3) is 5.91 Å². The van der Waals surface area contributed by atoms with Gasteiger partial charge in [-0.15, -0.1) is 0 Å². The van der Waals surface area contributed by atoms with Gasteiger partial charge in [-0.05, 0) is 30.7 Å². The molecule has 2 aliphatic heterocycles. The number of amides is 1. The van der Waals surface area contributed by atoms with E-state index in [1.54, 1.807) is 6.07 Å². The normalized spacial score (nSPS) is 25.6. The lowest BCUT2D eigenvalue weighted by molar-refractivity contribution is 0.0764. The largest absolute Gasteiger partial charge is 0.388 e. The number of aryl methyl sites for hydroxylation is 1. The lowest BCUT2D eigenvalue weighted by Gasteiger charge is -2.30. The van der Waals surface area contributed by atoms with Gasteiger partial charge in [-0.3, -0.25) is 4.79 Å². The summed E-state index contributed by atoms with van der Waals surface area (Å²) in [6.07, 6.45) is -2.42. The Kier molecular flexibility index (Phi) is 4.31. The second-order valence-electron chi connectivity index (χ2n) is 5.89. The van der Waals surface area contributed by atoms with E-state index in [0.717, 1.165) is 24.3 Å². The van der Waals surface area contributed by atoms with Gasteiger partial charge in [0.15, 0.2) is 0 Å². The van der Waals surface area contributed by atoms with Crippen LogP contribution in [0.4, 0.5) is 10.1 Å². The van der Waals surface area contributed by atoms with Crippen molar-refractivity contribution in [3.05, 3.63) is 29.3 Å². The van der Waals surface area contributed by atoms with Crippen LogP contribution in [-0.4, -0.2) is 67.6 Å². The van der Waals surface area contributed by atoms with E-state index in [1.807, 2.05) is 19.1 Å². The van der Waals surface area contributed by atoms with Gasteiger partial charge in [-0.25, -0.2) is 4.39 Å². The molecule has 0 aromatic heterocycles. The minimum atomic E-state index is -1.35. The molecule has 22 heavy (non-hydrogen) atoms. The molecule has 1 aromatic carbocycles. The van der Waals surface area contributed by atoms with Crippen LogP contribution in [0.3, 0.4) is 0 Å². The van der Waals surface area contributed by atoms with Crippen LogP contribution in [0.25, 0.3) is 0 Å². The van der Waals surface area contributed by atoms with Gasteiger partial charge in [-0.2, -0.15) is 0 Å².